The van der Waals surface area contributed by atoms with Gasteiger partial charge in [0.2, 0.25) is 8.32 Å². The van der Waals surface area contributed by atoms with Crippen molar-refractivity contribution in [3.8, 4) is 0 Å². The molecule has 0 aromatic rings. The first kappa shape index (κ1) is 63.4. The molecule has 2 unspecified atom stereocenters. The summed E-state index contributed by atoms with van der Waals surface area (Å²) in [5.41, 5.74) is -6.90. The van der Waals surface area contributed by atoms with E-state index in [9.17, 15) is 19.5 Å². The first-order chi connectivity index (χ1) is 35.1. The Hall–Kier alpha value is -3.43. The second kappa shape index (κ2) is 23.7. The molecular formula is C58H97NO15Si2. The van der Waals surface area contributed by atoms with Crippen LogP contribution in [0.1, 0.15) is 183 Å². The summed E-state index contributed by atoms with van der Waals surface area (Å²) in [4.78, 5) is 88.5. The molecule has 1 amide bonds. The van der Waals surface area contributed by atoms with Crippen molar-refractivity contribution in [3.05, 3.63) is 22.8 Å². The highest BCUT2D eigenvalue weighted by Crippen LogP contribution is 2.65. The van der Waals surface area contributed by atoms with E-state index in [0.717, 1.165) is 43.0 Å². The molecule has 1 aliphatic heterocycles. The average Bonchev–Trinajstić information content (AvgIpc) is 3.30. The SMILES string of the molecule is CC[Si](CC)(CC)O[C@H]1C[C@H]2OC[C@@]2(OC(C)=O)C2C(OC(=O)C3CCCCC3)[C@]3(O)C[C@H](OC(=O)[C@H](O[Si](C(C)C)(C(C)C)C(C)C)[C@H](C=C(C)C)NC(=O)OC(C)(C)C)C(C)=C([C@@H](OC(C)=O)C(=O)[C@@]21C)C3(C)C. The van der Waals surface area contributed by atoms with Gasteiger partial charge in [0.25, 0.3) is 0 Å². The van der Waals surface area contributed by atoms with Crippen molar-refractivity contribution in [2.75, 3.05) is 6.61 Å². The third kappa shape index (κ3) is 11.9. The Morgan fingerprint density at radius 1 is 0.842 bits per heavy atom. The van der Waals surface area contributed by atoms with Gasteiger partial charge < -0.3 is 47.7 Å². The first-order valence-corrected chi connectivity index (χ1v) is 33.1. The maximum Gasteiger partial charge on any atom is 0.408 e. The molecule has 11 atom stereocenters. The van der Waals surface area contributed by atoms with Crippen molar-refractivity contribution in [1.82, 2.24) is 5.32 Å². The van der Waals surface area contributed by atoms with Gasteiger partial charge in [-0.15, -0.1) is 0 Å². The molecule has 16 nitrogen and oxygen atoms in total. The Balaban J connectivity index is 1.88. The van der Waals surface area contributed by atoms with Crippen LogP contribution in [0, 0.1) is 22.7 Å². The van der Waals surface area contributed by atoms with Crippen molar-refractivity contribution in [3.63, 3.8) is 0 Å². The van der Waals surface area contributed by atoms with Crippen LogP contribution in [0.4, 0.5) is 4.79 Å². The van der Waals surface area contributed by atoms with Crippen molar-refractivity contribution < 1.29 is 71.1 Å². The first-order valence-electron chi connectivity index (χ1n) is 28.5. The van der Waals surface area contributed by atoms with Crippen LogP contribution < -0.4 is 5.32 Å². The third-order valence-electron chi connectivity index (χ3n) is 18.5. The number of nitrogens with one attached hydrogen (secondary N) is 1. The predicted molar refractivity (Wildman–Crippen MR) is 294 cm³/mol. The molecule has 5 aliphatic rings. The molecular weight excluding hydrogens is 1010 g/mol. The number of esters is 4. The molecule has 0 radical (unpaired) electrons. The Labute approximate surface area is 456 Å². The van der Waals surface area contributed by atoms with Gasteiger partial charge in [-0.2, -0.15) is 0 Å². The molecule has 0 aromatic heterocycles. The van der Waals surface area contributed by atoms with Gasteiger partial charge in [-0.3, -0.25) is 19.2 Å². The number of amides is 1. The van der Waals surface area contributed by atoms with Crippen LogP contribution in [0.15, 0.2) is 22.8 Å². The zero-order valence-corrected chi connectivity index (χ0v) is 51.9. The number of aliphatic hydroxyl groups is 1. The van der Waals surface area contributed by atoms with Gasteiger partial charge in [0.15, 0.2) is 31.9 Å². The molecule has 0 spiro atoms. The Bertz CT molecular complexity index is 2190. The van der Waals surface area contributed by atoms with Crippen molar-refractivity contribution in [2.45, 2.75) is 278 Å². The van der Waals surface area contributed by atoms with E-state index < -0.39 is 135 Å². The number of ether oxygens (including phenoxy) is 6. The van der Waals surface area contributed by atoms with Crippen LogP contribution in [0.2, 0.25) is 34.8 Å². The number of hydrogen-bond donors (Lipinski definition) is 2. The topological polar surface area (TPSA) is 209 Å². The van der Waals surface area contributed by atoms with Gasteiger partial charge in [0, 0.05) is 32.1 Å². The maximum absolute atomic E-state index is 16.6. The van der Waals surface area contributed by atoms with E-state index in [2.05, 4.69) is 67.6 Å². The lowest BCUT2D eigenvalue weighted by molar-refractivity contribution is -0.346. The molecule has 2 N–H and O–H groups in total. The molecule has 4 aliphatic carbocycles. The fraction of sp³-hybridized carbons (Fsp3) is 0.828. The highest BCUT2D eigenvalue weighted by molar-refractivity contribution is 6.77. The summed E-state index contributed by atoms with van der Waals surface area (Å²) in [7, 11) is -5.63. The van der Waals surface area contributed by atoms with E-state index in [1.807, 2.05) is 13.8 Å². The number of carbonyl (C=O) groups is 6. The van der Waals surface area contributed by atoms with Gasteiger partial charge >= 0.3 is 30.0 Å². The van der Waals surface area contributed by atoms with E-state index in [4.69, 9.17) is 37.3 Å². The minimum absolute atomic E-state index is 0.0141. The zero-order valence-electron chi connectivity index (χ0n) is 49.9. The number of fused-ring (bicyclic) bond motifs is 5. The molecule has 5 rings (SSSR count). The molecule has 1 saturated heterocycles. The second-order valence-corrected chi connectivity index (χ2v) is 35.9. The second-order valence-electron chi connectivity index (χ2n) is 25.8. The third-order valence-corrected chi connectivity index (χ3v) is 29.2. The lowest BCUT2D eigenvalue weighted by Gasteiger charge is -2.68. The van der Waals surface area contributed by atoms with Crippen LogP contribution in [0.3, 0.4) is 0 Å². The summed E-state index contributed by atoms with van der Waals surface area (Å²) in [6.45, 7) is 36.8. The van der Waals surface area contributed by atoms with Gasteiger partial charge in [-0.05, 0) is 107 Å². The number of rotatable bonds is 19. The van der Waals surface area contributed by atoms with Crippen LogP contribution >= 0.6 is 0 Å². The number of allylic oxidation sites excluding steroid dienone is 1. The lowest BCUT2D eigenvalue weighted by atomic mass is 9.44. The Morgan fingerprint density at radius 3 is 1.87 bits per heavy atom. The molecule has 3 saturated carbocycles. The number of Topliss-reactive ketones (excluding diaryl/α,β-unsaturated/α-hetero) is 1. The van der Waals surface area contributed by atoms with Gasteiger partial charge in [-0.25, -0.2) is 9.59 Å². The summed E-state index contributed by atoms with van der Waals surface area (Å²) >= 11 is 0. The van der Waals surface area contributed by atoms with Crippen LogP contribution in [0.25, 0.3) is 0 Å². The van der Waals surface area contributed by atoms with Crippen LogP contribution in [-0.2, 0) is 61.2 Å². The standard InChI is InChI=1S/C58H97NO15Si2/c1-21-75(22-2,23-3)73-43-30-44-57(32-67-44,71-39(14)61)48-50(70-51(63)40-27-25-24-26-28-40)58(66)31-42(37(12)45(55(58,18)19)47(68-38(13)60)49(62)56(43,48)20)69-52(64)46(74-76(34(6)7,35(8)9)36(10)11)41(29-33(4)5)59-53(65)72-54(15,16)17/h29,34-36,40-44,46-48,50,66H,21-28,30-32H2,1-20H3,(H,59,65)/t41-,42-,43-,44+,46+,47+,48?,50?,56+,57-,58+/m0/s1. The minimum Gasteiger partial charge on any atom is -0.459 e. The lowest BCUT2D eigenvalue weighted by Crippen LogP contribution is -2.82. The molecule has 1 heterocycles. The molecule has 432 valence electrons. The molecule has 4 fully saturated rings. The summed E-state index contributed by atoms with van der Waals surface area (Å²) < 4.78 is 53.4. The van der Waals surface area contributed by atoms with E-state index in [0.29, 0.717) is 18.4 Å². The fourth-order valence-corrected chi connectivity index (χ4v) is 22.8. The Morgan fingerprint density at radius 2 is 1.41 bits per heavy atom. The van der Waals surface area contributed by atoms with Crippen LogP contribution in [-0.4, -0.2) is 124 Å². The number of ketones is 1. The smallest absolute Gasteiger partial charge is 0.408 e. The fourth-order valence-electron chi connectivity index (χ4n) is 14.4. The number of hydrogen-bond acceptors (Lipinski definition) is 15. The highest BCUT2D eigenvalue weighted by atomic mass is 28.4. The highest BCUT2D eigenvalue weighted by Gasteiger charge is 2.79. The van der Waals surface area contributed by atoms with Crippen molar-refractivity contribution >= 4 is 52.4 Å². The average molecular weight is 1100 g/mol. The monoisotopic (exact) mass is 1100 g/mol. The number of alkyl carbamates (subject to hydrolysis) is 1. The van der Waals surface area contributed by atoms with E-state index >= 15 is 14.4 Å². The normalized spacial score (nSPS) is 30.7. The van der Waals surface area contributed by atoms with Crippen molar-refractivity contribution in [1.29, 1.82) is 0 Å². The Kier molecular flexibility index (Phi) is 19.8. The summed E-state index contributed by atoms with van der Waals surface area (Å²) in [5, 5.41) is 17.4. The van der Waals surface area contributed by atoms with Crippen molar-refractivity contribution in [2.24, 2.45) is 22.7 Å². The van der Waals surface area contributed by atoms with Gasteiger partial charge in [-0.1, -0.05) is 107 Å². The largest absolute Gasteiger partial charge is 0.459 e. The quantitative estimate of drug-likeness (QED) is 0.0534. The minimum atomic E-state index is -3.00. The van der Waals surface area contributed by atoms with E-state index in [-0.39, 0.29) is 41.6 Å². The molecule has 2 bridgehead atoms. The van der Waals surface area contributed by atoms with Gasteiger partial charge in [0.05, 0.1) is 36.0 Å². The van der Waals surface area contributed by atoms with Gasteiger partial charge in [0.1, 0.15) is 29.5 Å². The summed E-state index contributed by atoms with van der Waals surface area (Å²) in [6, 6.07) is 1.04. The molecule has 18 heteroatoms. The molecule has 0 aromatic carbocycles. The number of carbonyl (C=O) groups excluding carboxylic acids is 6. The van der Waals surface area contributed by atoms with Crippen LogP contribution in [0.5, 0.6) is 0 Å². The predicted octanol–water partition coefficient (Wildman–Crippen LogP) is 10.9. The van der Waals surface area contributed by atoms with E-state index in [1.54, 1.807) is 54.5 Å². The molecule has 76 heavy (non-hydrogen) atoms. The van der Waals surface area contributed by atoms with E-state index in [1.165, 1.54) is 13.8 Å². The summed E-state index contributed by atoms with van der Waals surface area (Å²) in [5.74, 6) is -5.36. The summed E-state index contributed by atoms with van der Waals surface area (Å²) in [6.07, 6.45) is -3.59. The zero-order chi connectivity index (χ0) is 57.5. The maximum atomic E-state index is 16.6.